The van der Waals surface area contributed by atoms with Gasteiger partial charge in [0.15, 0.2) is 0 Å². The van der Waals surface area contributed by atoms with E-state index in [0.29, 0.717) is 11.3 Å². The molecule has 0 atom stereocenters. The average molecular weight is 179 g/mol. The second-order valence-corrected chi connectivity index (χ2v) is 2.69. The number of aryl methyl sites for hydroxylation is 1. The fraction of sp³-hybridized carbons (Fsp3) is 0.125. The lowest BCUT2D eigenvalue weighted by atomic mass is 10.4. The van der Waals surface area contributed by atoms with Gasteiger partial charge in [0.25, 0.3) is 0 Å². The summed E-state index contributed by atoms with van der Waals surface area (Å²) in [5.41, 5.74) is 1.02. The SMILES string of the molecule is Cc1nc2ccc(F)cn2c1N=O. The van der Waals surface area contributed by atoms with Gasteiger partial charge >= 0.3 is 0 Å². The van der Waals surface area contributed by atoms with Crippen LogP contribution in [0.15, 0.2) is 23.5 Å². The monoisotopic (exact) mass is 179 g/mol. The van der Waals surface area contributed by atoms with Crippen LogP contribution in [-0.2, 0) is 0 Å². The van der Waals surface area contributed by atoms with Gasteiger partial charge in [0.2, 0.25) is 5.82 Å². The molecule has 2 rings (SSSR count). The first-order chi connectivity index (χ1) is 6.22. The Kier molecular flexibility index (Phi) is 1.58. The van der Waals surface area contributed by atoms with Crippen LogP contribution in [0.5, 0.6) is 0 Å². The molecule has 0 N–H and O–H groups in total. The molecule has 0 saturated carbocycles. The normalized spacial score (nSPS) is 10.6. The lowest BCUT2D eigenvalue weighted by Crippen LogP contribution is -1.85. The molecule has 0 fully saturated rings. The van der Waals surface area contributed by atoms with Crippen molar-refractivity contribution in [2.75, 3.05) is 0 Å². The molecule has 0 aliphatic carbocycles. The van der Waals surface area contributed by atoms with E-state index in [1.807, 2.05) is 0 Å². The molecule has 0 radical (unpaired) electrons. The molecule has 0 spiro atoms. The van der Waals surface area contributed by atoms with Gasteiger partial charge in [0.05, 0.1) is 5.69 Å². The highest BCUT2D eigenvalue weighted by Gasteiger charge is 2.08. The molecule has 2 heterocycles. The summed E-state index contributed by atoms with van der Waals surface area (Å²) >= 11 is 0. The fourth-order valence-electron chi connectivity index (χ4n) is 1.23. The minimum atomic E-state index is -0.421. The van der Waals surface area contributed by atoms with Crippen molar-refractivity contribution < 1.29 is 4.39 Å². The molecule has 2 aromatic rings. The van der Waals surface area contributed by atoms with Crippen LogP contribution < -0.4 is 0 Å². The smallest absolute Gasteiger partial charge is 0.204 e. The number of nitrogens with zero attached hydrogens (tertiary/aromatic N) is 3. The molecule has 0 bridgehead atoms. The topological polar surface area (TPSA) is 46.7 Å². The van der Waals surface area contributed by atoms with Crippen molar-refractivity contribution in [2.45, 2.75) is 6.92 Å². The lowest BCUT2D eigenvalue weighted by molar-refractivity contribution is 0.619. The summed E-state index contributed by atoms with van der Waals surface area (Å²) in [6.45, 7) is 1.65. The summed E-state index contributed by atoms with van der Waals surface area (Å²) in [4.78, 5) is 14.4. The van der Waals surface area contributed by atoms with Gasteiger partial charge in [-0.25, -0.2) is 9.37 Å². The van der Waals surface area contributed by atoms with Crippen molar-refractivity contribution in [1.82, 2.24) is 9.38 Å². The Morgan fingerprint density at radius 3 is 3.00 bits per heavy atom. The second-order valence-electron chi connectivity index (χ2n) is 2.69. The first-order valence-electron chi connectivity index (χ1n) is 3.70. The van der Waals surface area contributed by atoms with Crippen molar-refractivity contribution in [3.63, 3.8) is 0 Å². The molecule has 0 aliphatic rings. The highest BCUT2D eigenvalue weighted by molar-refractivity contribution is 5.51. The van der Waals surface area contributed by atoms with E-state index in [1.165, 1.54) is 22.7 Å². The number of fused-ring (bicyclic) bond motifs is 1. The van der Waals surface area contributed by atoms with Crippen molar-refractivity contribution in [3.05, 3.63) is 34.7 Å². The molecule has 4 nitrogen and oxygen atoms in total. The van der Waals surface area contributed by atoms with E-state index in [9.17, 15) is 9.30 Å². The molecule has 0 unspecified atom stereocenters. The molecule has 0 saturated heterocycles. The van der Waals surface area contributed by atoms with E-state index in [-0.39, 0.29) is 5.82 Å². The van der Waals surface area contributed by atoms with E-state index >= 15 is 0 Å². The first kappa shape index (κ1) is 7.85. The number of imidazole rings is 1. The summed E-state index contributed by atoms with van der Waals surface area (Å²) in [7, 11) is 0. The van der Waals surface area contributed by atoms with Crippen LogP contribution in [0.2, 0.25) is 0 Å². The summed E-state index contributed by atoms with van der Waals surface area (Å²) in [5, 5.41) is 2.78. The molecule has 13 heavy (non-hydrogen) atoms. The number of hydrogen-bond donors (Lipinski definition) is 0. The third-order valence-corrected chi connectivity index (χ3v) is 1.81. The van der Waals surface area contributed by atoms with Gasteiger partial charge in [-0.3, -0.25) is 4.40 Å². The highest BCUT2D eigenvalue weighted by atomic mass is 19.1. The van der Waals surface area contributed by atoms with E-state index in [4.69, 9.17) is 0 Å². The number of nitroso groups, excluding NO2 is 1. The molecule has 0 aromatic carbocycles. The highest BCUT2D eigenvalue weighted by Crippen LogP contribution is 2.20. The van der Waals surface area contributed by atoms with Crippen molar-refractivity contribution >= 4 is 11.5 Å². The Morgan fingerprint density at radius 1 is 1.54 bits per heavy atom. The zero-order valence-electron chi connectivity index (χ0n) is 6.86. The van der Waals surface area contributed by atoms with E-state index in [0.717, 1.165) is 0 Å². The molecule has 0 amide bonds. The average Bonchev–Trinajstić information content (AvgIpc) is 2.40. The minimum Gasteiger partial charge on any atom is -0.279 e. The predicted octanol–water partition coefficient (Wildman–Crippen LogP) is 2.18. The maximum atomic E-state index is 12.8. The standard InChI is InChI=1S/C8H6FN3O/c1-5-8(11-13)12-4-6(9)2-3-7(12)10-5/h2-4H,1H3. The van der Waals surface area contributed by atoms with Gasteiger partial charge in [-0.05, 0) is 24.2 Å². The molecule has 66 valence electrons. The quantitative estimate of drug-likeness (QED) is 0.630. The number of aromatic nitrogens is 2. The van der Waals surface area contributed by atoms with Crippen LogP contribution in [0.1, 0.15) is 5.69 Å². The van der Waals surface area contributed by atoms with Crippen molar-refractivity contribution in [1.29, 1.82) is 0 Å². The van der Waals surface area contributed by atoms with Crippen LogP contribution in [0, 0.1) is 17.6 Å². The van der Waals surface area contributed by atoms with Crippen LogP contribution in [0.25, 0.3) is 5.65 Å². The van der Waals surface area contributed by atoms with Crippen LogP contribution in [-0.4, -0.2) is 9.38 Å². The Hall–Kier alpha value is -1.78. The molecular formula is C8H6FN3O. The maximum absolute atomic E-state index is 12.8. The summed E-state index contributed by atoms with van der Waals surface area (Å²) in [6.07, 6.45) is 1.19. The number of halogens is 1. The van der Waals surface area contributed by atoms with Gasteiger partial charge in [-0.2, -0.15) is 0 Å². The van der Waals surface area contributed by atoms with E-state index in [1.54, 1.807) is 6.92 Å². The van der Waals surface area contributed by atoms with Gasteiger partial charge < -0.3 is 0 Å². The number of pyridine rings is 1. The second kappa shape index (κ2) is 2.62. The molecule has 2 aromatic heterocycles. The van der Waals surface area contributed by atoms with Gasteiger partial charge in [-0.1, -0.05) is 0 Å². The van der Waals surface area contributed by atoms with Gasteiger partial charge in [0, 0.05) is 6.20 Å². The molecule has 5 heteroatoms. The van der Waals surface area contributed by atoms with Crippen LogP contribution >= 0.6 is 0 Å². The van der Waals surface area contributed by atoms with E-state index < -0.39 is 5.82 Å². The summed E-state index contributed by atoms with van der Waals surface area (Å²) in [6, 6.07) is 2.79. The zero-order valence-corrected chi connectivity index (χ0v) is 6.86. The Morgan fingerprint density at radius 2 is 2.31 bits per heavy atom. The van der Waals surface area contributed by atoms with Crippen molar-refractivity contribution in [2.24, 2.45) is 5.18 Å². The Bertz CT molecular complexity index is 477. The first-order valence-corrected chi connectivity index (χ1v) is 3.70. The third-order valence-electron chi connectivity index (χ3n) is 1.81. The van der Waals surface area contributed by atoms with E-state index in [2.05, 4.69) is 10.2 Å². The minimum absolute atomic E-state index is 0.148. The van der Waals surface area contributed by atoms with Gasteiger partial charge in [0.1, 0.15) is 11.5 Å². The number of hydrogen-bond acceptors (Lipinski definition) is 3. The zero-order chi connectivity index (χ0) is 9.42. The fourth-order valence-corrected chi connectivity index (χ4v) is 1.23. The Balaban J connectivity index is 2.88. The maximum Gasteiger partial charge on any atom is 0.204 e. The molecular weight excluding hydrogens is 173 g/mol. The lowest BCUT2D eigenvalue weighted by Gasteiger charge is -1.93. The predicted molar refractivity (Wildman–Crippen MR) is 45.3 cm³/mol. The molecule has 0 aliphatic heterocycles. The van der Waals surface area contributed by atoms with Crippen LogP contribution in [0.3, 0.4) is 0 Å². The van der Waals surface area contributed by atoms with Gasteiger partial charge in [-0.15, -0.1) is 4.91 Å². The Labute approximate surface area is 73.0 Å². The number of rotatable bonds is 1. The van der Waals surface area contributed by atoms with Crippen molar-refractivity contribution in [3.8, 4) is 0 Å². The summed E-state index contributed by atoms with van der Waals surface area (Å²) < 4.78 is 14.1. The largest absolute Gasteiger partial charge is 0.279 e. The van der Waals surface area contributed by atoms with Crippen LogP contribution in [0.4, 0.5) is 10.2 Å². The third kappa shape index (κ3) is 1.09. The summed E-state index contributed by atoms with van der Waals surface area (Å²) in [5.74, 6) is -0.274.